The maximum atomic E-state index is 6.15. The Balaban J connectivity index is 1.52. The number of morpholine rings is 1. The van der Waals surface area contributed by atoms with Gasteiger partial charge in [0.15, 0.2) is 5.82 Å². The average molecular weight is 351 g/mol. The molecule has 2 atom stereocenters. The zero-order chi connectivity index (χ0) is 16.9. The second-order valence-corrected chi connectivity index (χ2v) is 6.54. The Morgan fingerprint density at radius 1 is 1.54 bits per heavy atom. The number of aromatic nitrogens is 4. The van der Waals surface area contributed by atoms with E-state index in [1.165, 1.54) is 0 Å². The molecule has 2 aromatic heterocycles. The highest BCUT2D eigenvalue weighted by atomic mass is 35.5. The minimum Gasteiger partial charge on any atom is -0.378 e. The molecule has 1 aliphatic rings. The number of nitrogens with zero attached hydrogens (tertiary/aromatic N) is 4. The Morgan fingerprint density at radius 2 is 2.42 bits per heavy atom. The van der Waals surface area contributed by atoms with Crippen LogP contribution in [-0.4, -0.2) is 57.9 Å². The SMILES string of the molecule is CC(Cc1ncccc1Cl)NCc1nc(C2COCCN2C)n[nH]1. The summed E-state index contributed by atoms with van der Waals surface area (Å²) in [6, 6.07) is 4.05. The number of halogens is 1. The molecule has 0 amide bonds. The van der Waals surface area contributed by atoms with Crippen molar-refractivity contribution in [1.29, 1.82) is 0 Å². The highest BCUT2D eigenvalue weighted by molar-refractivity contribution is 6.31. The molecule has 0 aromatic carbocycles. The number of nitrogens with one attached hydrogen (secondary N) is 2. The molecular formula is C16H23ClN6O. The fourth-order valence-corrected chi connectivity index (χ4v) is 2.90. The lowest BCUT2D eigenvalue weighted by Crippen LogP contribution is -2.37. The lowest BCUT2D eigenvalue weighted by atomic mass is 10.1. The van der Waals surface area contributed by atoms with Crippen molar-refractivity contribution in [2.75, 3.05) is 26.8 Å². The average Bonchev–Trinajstić information content (AvgIpc) is 3.04. The molecule has 1 aliphatic heterocycles. The van der Waals surface area contributed by atoms with Crippen LogP contribution < -0.4 is 5.32 Å². The topological polar surface area (TPSA) is 79.0 Å². The van der Waals surface area contributed by atoms with E-state index in [1.807, 2.05) is 12.1 Å². The summed E-state index contributed by atoms with van der Waals surface area (Å²) < 4.78 is 5.52. The number of rotatable bonds is 6. The minimum atomic E-state index is 0.119. The first-order valence-electron chi connectivity index (χ1n) is 8.15. The van der Waals surface area contributed by atoms with Gasteiger partial charge in [-0.15, -0.1) is 0 Å². The van der Waals surface area contributed by atoms with Gasteiger partial charge in [0.25, 0.3) is 0 Å². The van der Waals surface area contributed by atoms with E-state index in [4.69, 9.17) is 16.3 Å². The Labute approximate surface area is 146 Å². The monoisotopic (exact) mass is 350 g/mol. The molecule has 1 fully saturated rings. The predicted molar refractivity (Wildman–Crippen MR) is 91.8 cm³/mol. The summed E-state index contributed by atoms with van der Waals surface area (Å²) in [5.74, 6) is 1.61. The summed E-state index contributed by atoms with van der Waals surface area (Å²) in [6.07, 6.45) is 2.53. The number of ether oxygens (including phenoxy) is 1. The number of H-pyrrole nitrogens is 1. The molecule has 3 heterocycles. The highest BCUT2D eigenvalue weighted by Crippen LogP contribution is 2.19. The fraction of sp³-hybridized carbons (Fsp3) is 0.562. The fourth-order valence-electron chi connectivity index (χ4n) is 2.70. The molecule has 0 radical (unpaired) electrons. The van der Waals surface area contributed by atoms with E-state index < -0.39 is 0 Å². The normalized spacial score (nSPS) is 20.2. The van der Waals surface area contributed by atoms with Gasteiger partial charge in [-0.3, -0.25) is 15.0 Å². The summed E-state index contributed by atoms with van der Waals surface area (Å²) in [6.45, 7) is 5.02. The number of hydrogen-bond donors (Lipinski definition) is 2. The van der Waals surface area contributed by atoms with Crippen molar-refractivity contribution in [3.63, 3.8) is 0 Å². The molecule has 7 nitrogen and oxygen atoms in total. The van der Waals surface area contributed by atoms with Crippen LogP contribution in [0, 0.1) is 0 Å². The van der Waals surface area contributed by atoms with Crippen LogP contribution in [0.2, 0.25) is 5.02 Å². The Morgan fingerprint density at radius 3 is 3.21 bits per heavy atom. The largest absolute Gasteiger partial charge is 0.378 e. The Kier molecular flexibility index (Phi) is 5.78. The van der Waals surface area contributed by atoms with Gasteiger partial charge in [0.05, 0.1) is 36.5 Å². The van der Waals surface area contributed by atoms with Crippen LogP contribution >= 0.6 is 11.6 Å². The third-order valence-electron chi connectivity index (χ3n) is 4.20. The number of pyridine rings is 1. The van der Waals surface area contributed by atoms with Crippen LogP contribution in [0.3, 0.4) is 0 Å². The van der Waals surface area contributed by atoms with Gasteiger partial charge in [-0.25, -0.2) is 4.98 Å². The molecule has 2 unspecified atom stereocenters. The summed E-state index contributed by atoms with van der Waals surface area (Å²) in [5, 5.41) is 11.5. The van der Waals surface area contributed by atoms with Crippen molar-refractivity contribution in [1.82, 2.24) is 30.4 Å². The number of hydrogen-bond acceptors (Lipinski definition) is 6. The third kappa shape index (κ3) is 4.30. The van der Waals surface area contributed by atoms with Crippen LogP contribution in [0.15, 0.2) is 18.3 Å². The van der Waals surface area contributed by atoms with E-state index in [9.17, 15) is 0 Å². The first-order valence-corrected chi connectivity index (χ1v) is 8.53. The molecule has 24 heavy (non-hydrogen) atoms. The van der Waals surface area contributed by atoms with E-state index in [0.29, 0.717) is 18.2 Å². The molecule has 8 heteroatoms. The molecule has 2 N–H and O–H groups in total. The van der Waals surface area contributed by atoms with Crippen molar-refractivity contribution in [3.05, 3.63) is 40.7 Å². The summed E-state index contributed by atoms with van der Waals surface area (Å²) in [5.41, 5.74) is 0.901. The molecular weight excluding hydrogens is 328 g/mol. The zero-order valence-electron chi connectivity index (χ0n) is 14.0. The molecule has 0 saturated carbocycles. The lowest BCUT2D eigenvalue weighted by molar-refractivity contribution is 0.00193. The van der Waals surface area contributed by atoms with Crippen molar-refractivity contribution >= 4 is 11.6 Å². The minimum absolute atomic E-state index is 0.119. The quantitative estimate of drug-likeness (QED) is 0.823. The summed E-state index contributed by atoms with van der Waals surface area (Å²) in [4.78, 5) is 11.1. The van der Waals surface area contributed by atoms with E-state index in [0.717, 1.165) is 36.9 Å². The van der Waals surface area contributed by atoms with E-state index >= 15 is 0 Å². The van der Waals surface area contributed by atoms with E-state index in [-0.39, 0.29) is 12.1 Å². The molecule has 1 saturated heterocycles. The maximum Gasteiger partial charge on any atom is 0.170 e. The van der Waals surface area contributed by atoms with Gasteiger partial charge in [0.1, 0.15) is 5.82 Å². The predicted octanol–water partition coefficient (Wildman–Crippen LogP) is 1.58. The van der Waals surface area contributed by atoms with Gasteiger partial charge in [-0.05, 0) is 26.1 Å². The van der Waals surface area contributed by atoms with E-state index in [1.54, 1.807) is 6.20 Å². The molecule has 0 spiro atoms. The van der Waals surface area contributed by atoms with Crippen LogP contribution in [-0.2, 0) is 17.7 Å². The van der Waals surface area contributed by atoms with Gasteiger partial charge < -0.3 is 10.1 Å². The first-order chi connectivity index (χ1) is 11.6. The van der Waals surface area contributed by atoms with Crippen LogP contribution in [0.4, 0.5) is 0 Å². The Bertz CT molecular complexity index is 664. The molecule has 130 valence electrons. The Hall–Kier alpha value is -1.54. The maximum absolute atomic E-state index is 6.15. The lowest BCUT2D eigenvalue weighted by Gasteiger charge is -2.30. The highest BCUT2D eigenvalue weighted by Gasteiger charge is 2.25. The van der Waals surface area contributed by atoms with Crippen LogP contribution in [0.5, 0.6) is 0 Å². The number of aromatic amines is 1. The molecule has 0 bridgehead atoms. The van der Waals surface area contributed by atoms with Gasteiger partial charge >= 0.3 is 0 Å². The van der Waals surface area contributed by atoms with Gasteiger partial charge in [0, 0.05) is 25.2 Å². The number of likely N-dealkylation sites (N-methyl/N-ethyl adjacent to an activating group) is 1. The van der Waals surface area contributed by atoms with Crippen LogP contribution in [0.25, 0.3) is 0 Å². The zero-order valence-corrected chi connectivity index (χ0v) is 14.8. The second kappa shape index (κ2) is 8.02. The van der Waals surface area contributed by atoms with Gasteiger partial charge in [-0.1, -0.05) is 11.6 Å². The van der Waals surface area contributed by atoms with Crippen molar-refractivity contribution < 1.29 is 4.74 Å². The molecule has 3 rings (SSSR count). The second-order valence-electron chi connectivity index (χ2n) is 6.13. The van der Waals surface area contributed by atoms with Crippen molar-refractivity contribution in [3.8, 4) is 0 Å². The van der Waals surface area contributed by atoms with E-state index in [2.05, 4.69) is 44.4 Å². The molecule has 0 aliphatic carbocycles. The summed E-state index contributed by atoms with van der Waals surface area (Å²) >= 11 is 6.15. The van der Waals surface area contributed by atoms with Gasteiger partial charge in [-0.2, -0.15) is 5.10 Å². The first kappa shape index (κ1) is 17.3. The summed E-state index contributed by atoms with van der Waals surface area (Å²) in [7, 11) is 2.07. The third-order valence-corrected chi connectivity index (χ3v) is 4.54. The molecule has 2 aromatic rings. The smallest absolute Gasteiger partial charge is 0.170 e. The van der Waals surface area contributed by atoms with Crippen molar-refractivity contribution in [2.45, 2.75) is 32.0 Å². The van der Waals surface area contributed by atoms with Crippen molar-refractivity contribution in [2.24, 2.45) is 0 Å². The van der Waals surface area contributed by atoms with Gasteiger partial charge in [0.2, 0.25) is 0 Å². The standard InChI is InChI=1S/C16H23ClN6O/c1-11(8-13-12(17)4-3-5-18-13)19-9-15-20-16(22-21-15)14-10-24-7-6-23(14)2/h3-5,11,14,19H,6-10H2,1-2H3,(H,20,21,22). The van der Waals surface area contributed by atoms with Crippen LogP contribution in [0.1, 0.15) is 30.3 Å².